The molecule has 4 rings (SSSR count). The van der Waals surface area contributed by atoms with Crippen LogP contribution in [0.1, 0.15) is 85.0 Å². The predicted octanol–water partition coefficient (Wildman–Crippen LogP) is 4.97. The number of aliphatic hydroxyl groups is 1. The van der Waals surface area contributed by atoms with E-state index in [0.29, 0.717) is 46.8 Å². The maximum atomic E-state index is 11.8. The van der Waals surface area contributed by atoms with Crippen molar-refractivity contribution in [1.29, 1.82) is 0 Å². The molecule has 4 aliphatic carbocycles. The highest BCUT2D eigenvalue weighted by Crippen LogP contribution is 2.68. The Morgan fingerprint density at radius 2 is 1.77 bits per heavy atom. The Hall–Kier alpha value is -0.650. The zero-order valence-corrected chi connectivity index (χ0v) is 23.5. The smallest absolute Gasteiger partial charge is 0.305 e. The fourth-order valence-electron chi connectivity index (χ4n) is 9.80. The average Bonchev–Trinajstić information content (AvgIpc) is 3.18. The van der Waals surface area contributed by atoms with Gasteiger partial charge in [-0.15, -0.1) is 0 Å². The Labute approximate surface area is 215 Å². The van der Waals surface area contributed by atoms with E-state index >= 15 is 0 Å². The van der Waals surface area contributed by atoms with Gasteiger partial charge in [0, 0.05) is 19.5 Å². The van der Waals surface area contributed by atoms with Crippen molar-refractivity contribution >= 4 is 5.97 Å². The van der Waals surface area contributed by atoms with Gasteiger partial charge in [-0.3, -0.25) is 4.79 Å². The maximum Gasteiger partial charge on any atom is 0.305 e. The quantitative estimate of drug-likeness (QED) is 0.353. The van der Waals surface area contributed by atoms with Gasteiger partial charge >= 0.3 is 5.97 Å². The van der Waals surface area contributed by atoms with E-state index in [1.165, 1.54) is 52.1 Å². The van der Waals surface area contributed by atoms with Crippen molar-refractivity contribution in [2.45, 2.75) is 91.1 Å². The molecule has 0 bridgehead atoms. The van der Waals surface area contributed by atoms with Gasteiger partial charge in [0.25, 0.3) is 0 Å². The van der Waals surface area contributed by atoms with E-state index in [-0.39, 0.29) is 12.1 Å². The zero-order valence-electron chi connectivity index (χ0n) is 23.5. The van der Waals surface area contributed by atoms with Crippen molar-refractivity contribution < 1.29 is 14.6 Å². The van der Waals surface area contributed by atoms with E-state index < -0.39 is 0 Å². The van der Waals surface area contributed by atoms with Crippen LogP contribution in [0.25, 0.3) is 0 Å². The molecular formula is C30H54N2O3. The summed E-state index contributed by atoms with van der Waals surface area (Å²) >= 11 is 0. The summed E-state index contributed by atoms with van der Waals surface area (Å²) in [5, 5.41) is 15.2. The Bertz CT molecular complexity index is 728. The zero-order chi connectivity index (χ0) is 25.4. The van der Waals surface area contributed by atoms with Crippen LogP contribution in [0.15, 0.2) is 0 Å². The highest BCUT2D eigenvalue weighted by molar-refractivity contribution is 5.69. The van der Waals surface area contributed by atoms with E-state index in [0.717, 1.165) is 44.3 Å². The molecule has 0 radical (unpaired) electrons. The number of aliphatic hydroxyl groups excluding tert-OH is 1. The lowest BCUT2D eigenvalue weighted by molar-refractivity contribution is -0.165. The van der Waals surface area contributed by atoms with Crippen molar-refractivity contribution in [3.63, 3.8) is 0 Å². The minimum atomic E-state index is -0.135. The Kier molecular flexibility index (Phi) is 8.60. The molecule has 4 unspecified atom stereocenters. The fourth-order valence-corrected chi connectivity index (χ4v) is 9.80. The van der Waals surface area contributed by atoms with E-state index in [1.807, 2.05) is 0 Å². The maximum absolute atomic E-state index is 11.8. The van der Waals surface area contributed by atoms with Gasteiger partial charge in [-0.25, -0.2) is 0 Å². The SMILES string of the molecule is COC(=O)CC[C@@H](C)[C@H]1CCC2C3C[C@H](O)[C@@H]4CC(CNCCN(C)C)CC[C@]4(C)C3CC[C@@]21C. The number of fused-ring (bicyclic) bond motifs is 5. The first-order valence-corrected chi connectivity index (χ1v) is 14.7. The van der Waals surface area contributed by atoms with E-state index in [1.54, 1.807) is 0 Å². The Morgan fingerprint density at radius 1 is 1.06 bits per heavy atom. The number of hydrogen-bond donors (Lipinski definition) is 2. The van der Waals surface area contributed by atoms with Crippen molar-refractivity contribution in [2.75, 3.05) is 40.8 Å². The summed E-state index contributed by atoms with van der Waals surface area (Å²) in [6, 6.07) is 0. The van der Waals surface area contributed by atoms with Crippen molar-refractivity contribution in [1.82, 2.24) is 10.2 Å². The molecule has 4 aliphatic rings. The molecule has 35 heavy (non-hydrogen) atoms. The van der Waals surface area contributed by atoms with Gasteiger partial charge < -0.3 is 20.1 Å². The Balaban J connectivity index is 1.40. The first kappa shape index (κ1) is 27.4. The van der Waals surface area contributed by atoms with Crippen molar-refractivity contribution in [3.8, 4) is 0 Å². The lowest BCUT2D eigenvalue weighted by Gasteiger charge is -2.62. The molecule has 4 fully saturated rings. The Morgan fingerprint density at radius 3 is 2.49 bits per heavy atom. The second-order valence-corrected chi connectivity index (χ2v) is 13.8. The first-order valence-electron chi connectivity index (χ1n) is 14.7. The number of hydrogen-bond acceptors (Lipinski definition) is 5. The molecule has 0 spiro atoms. The van der Waals surface area contributed by atoms with Gasteiger partial charge in [-0.2, -0.15) is 0 Å². The molecule has 202 valence electrons. The summed E-state index contributed by atoms with van der Waals surface area (Å²) in [5.41, 5.74) is 0.672. The van der Waals surface area contributed by atoms with Crippen LogP contribution in [0, 0.1) is 52.3 Å². The molecule has 10 atom stereocenters. The molecule has 0 heterocycles. The predicted molar refractivity (Wildman–Crippen MR) is 142 cm³/mol. The topological polar surface area (TPSA) is 61.8 Å². The van der Waals surface area contributed by atoms with Crippen LogP contribution >= 0.6 is 0 Å². The molecule has 0 amide bonds. The van der Waals surface area contributed by atoms with E-state index in [2.05, 4.69) is 45.1 Å². The third-order valence-corrected chi connectivity index (χ3v) is 11.7. The number of methoxy groups -OCH3 is 1. The number of esters is 1. The summed E-state index contributed by atoms with van der Waals surface area (Å²) in [6.45, 7) is 10.7. The highest BCUT2D eigenvalue weighted by Gasteiger charge is 2.62. The summed E-state index contributed by atoms with van der Waals surface area (Å²) < 4.78 is 4.91. The van der Waals surface area contributed by atoms with E-state index in [9.17, 15) is 9.90 Å². The summed E-state index contributed by atoms with van der Waals surface area (Å²) in [4.78, 5) is 14.0. The first-order chi connectivity index (χ1) is 16.6. The number of nitrogens with zero attached hydrogens (tertiary/aromatic N) is 1. The van der Waals surface area contributed by atoms with Crippen LogP contribution in [0.5, 0.6) is 0 Å². The highest BCUT2D eigenvalue weighted by atomic mass is 16.5. The molecule has 5 nitrogen and oxygen atoms in total. The van der Waals surface area contributed by atoms with Gasteiger partial charge in [0.15, 0.2) is 0 Å². The summed E-state index contributed by atoms with van der Waals surface area (Å²) in [5.74, 6) is 4.57. The summed E-state index contributed by atoms with van der Waals surface area (Å²) in [6.07, 6.45) is 11.5. The van der Waals surface area contributed by atoms with Gasteiger partial charge in [0.1, 0.15) is 0 Å². The van der Waals surface area contributed by atoms with Crippen LogP contribution < -0.4 is 5.32 Å². The molecule has 4 saturated carbocycles. The molecule has 0 aromatic heterocycles. The van der Waals surface area contributed by atoms with Crippen LogP contribution in [0.3, 0.4) is 0 Å². The van der Waals surface area contributed by atoms with Gasteiger partial charge in [-0.1, -0.05) is 20.8 Å². The van der Waals surface area contributed by atoms with Crippen LogP contribution in [0.4, 0.5) is 0 Å². The van der Waals surface area contributed by atoms with Gasteiger partial charge in [0.05, 0.1) is 13.2 Å². The molecule has 5 heteroatoms. The molecular weight excluding hydrogens is 436 g/mol. The van der Waals surface area contributed by atoms with E-state index in [4.69, 9.17) is 4.74 Å². The van der Waals surface area contributed by atoms with Crippen LogP contribution in [-0.2, 0) is 9.53 Å². The molecule has 0 aromatic carbocycles. The minimum Gasteiger partial charge on any atom is -0.469 e. The van der Waals surface area contributed by atoms with Gasteiger partial charge in [-0.05, 0) is 131 Å². The monoisotopic (exact) mass is 490 g/mol. The molecule has 0 aromatic rings. The number of rotatable bonds is 9. The molecule has 0 saturated heterocycles. The van der Waals surface area contributed by atoms with Crippen molar-refractivity contribution in [3.05, 3.63) is 0 Å². The molecule has 0 aliphatic heterocycles. The lowest BCUT2D eigenvalue weighted by atomic mass is 9.43. The minimum absolute atomic E-state index is 0.0712. The average molecular weight is 491 g/mol. The number of nitrogens with one attached hydrogen (secondary N) is 1. The number of carbonyl (C=O) groups excluding carboxylic acids is 1. The summed E-state index contributed by atoms with van der Waals surface area (Å²) in [7, 11) is 5.76. The molecule has 2 N–H and O–H groups in total. The normalized spacial score (nSPS) is 43.8. The number of likely N-dealkylation sites (N-methyl/N-ethyl adjacent to an activating group) is 1. The standard InChI is InChI=1S/C30H54N2O3/c1-20(7-10-28(34)35-6)23-8-9-24-22-18-27(33)26-17-21(19-31-15-16-32(4)5)11-13-30(26,3)25(22)12-14-29(23,24)2/h20-27,31,33H,7-19H2,1-6H3/t20-,21?,22?,23-,24?,25?,26+,27+,29-,30-/m1/s1. The fraction of sp³-hybridized carbons (Fsp3) is 0.967. The third-order valence-electron chi connectivity index (χ3n) is 11.7. The second kappa shape index (κ2) is 11.0. The number of carbonyl (C=O) groups is 1. The third kappa shape index (κ3) is 5.34. The largest absolute Gasteiger partial charge is 0.469 e. The van der Waals surface area contributed by atoms with Gasteiger partial charge in [0.2, 0.25) is 0 Å². The lowest BCUT2D eigenvalue weighted by Crippen LogP contribution is -2.58. The van der Waals surface area contributed by atoms with Crippen LogP contribution in [0.2, 0.25) is 0 Å². The van der Waals surface area contributed by atoms with Crippen molar-refractivity contribution in [2.24, 2.45) is 52.3 Å². The number of ether oxygens (including phenoxy) is 1. The van der Waals surface area contributed by atoms with Crippen LogP contribution in [-0.4, -0.2) is 62.9 Å². The second-order valence-electron chi connectivity index (χ2n) is 13.8.